The zero-order valence-electron chi connectivity index (χ0n) is 9.15. The van der Waals surface area contributed by atoms with Crippen LogP contribution in [0.2, 0.25) is 5.15 Å². The number of methoxy groups -OCH3 is 1. The maximum absolute atomic E-state index is 13.6. The van der Waals surface area contributed by atoms with Crippen LogP contribution in [-0.4, -0.2) is 17.1 Å². The minimum atomic E-state index is -0.583. The van der Waals surface area contributed by atoms with E-state index >= 15 is 0 Å². The van der Waals surface area contributed by atoms with Gasteiger partial charge in [-0.2, -0.15) is 0 Å². The lowest BCUT2D eigenvalue weighted by Crippen LogP contribution is -2.00. The van der Waals surface area contributed by atoms with Crippen LogP contribution in [0.25, 0.3) is 0 Å². The van der Waals surface area contributed by atoms with Gasteiger partial charge in [0.05, 0.1) is 12.8 Å². The molecule has 0 radical (unpaired) electrons. The molecule has 0 unspecified atom stereocenters. The summed E-state index contributed by atoms with van der Waals surface area (Å²) < 4.78 is 18.8. The first kappa shape index (κ1) is 11.8. The SMILES string of the molecule is COc1ccccc1Cc1ncnc(Cl)c1F. The highest BCUT2D eigenvalue weighted by molar-refractivity contribution is 6.29. The molecule has 2 aromatic rings. The number of nitrogens with zero attached hydrogens (tertiary/aromatic N) is 2. The minimum absolute atomic E-state index is 0.162. The van der Waals surface area contributed by atoms with Gasteiger partial charge in [-0.3, -0.25) is 0 Å². The molecule has 2 rings (SSSR count). The first-order valence-electron chi connectivity index (χ1n) is 4.99. The molecule has 0 N–H and O–H groups in total. The van der Waals surface area contributed by atoms with Crippen molar-refractivity contribution in [2.24, 2.45) is 0 Å². The van der Waals surface area contributed by atoms with E-state index in [9.17, 15) is 4.39 Å². The molecule has 0 spiro atoms. The van der Waals surface area contributed by atoms with Gasteiger partial charge in [-0.05, 0) is 6.07 Å². The van der Waals surface area contributed by atoms with Gasteiger partial charge >= 0.3 is 0 Å². The lowest BCUT2D eigenvalue weighted by molar-refractivity contribution is 0.410. The van der Waals surface area contributed by atoms with Crippen molar-refractivity contribution in [1.29, 1.82) is 0 Å². The van der Waals surface area contributed by atoms with Gasteiger partial charge in [0.2, 0.25) is 0 Å². The van der Waals surface area contributed by atoms with Gasteiger partial charge in [0.25, 0.3) is 0 Å². The number of para-hydroxylation sites is 1. The quantitative estimate of drug-likeness (QED) is 0.788. The maximum Gasteiger partial charge on any atom is 0.182 e. The third-order valence-electron chi connectivity index (χ3n) is 2.37. The van der Waals surface area contributed by atoms with E-state index < -0.39 is 5.82 Å². The predicted molar refractivity (Wildman–Crippen MR) is 62.8 cm³/mol. The molecule has 0 atom stereocenters. The molecule has 0 bridgehead atoms. The Balaban J connectivity index is 2.35. The van der Waals surface area contributed by atoms with Gasteiger partial charge in [-0.1, -0.05) is 29.8 Å². The molecule has 1 aromatic heterocycles. The fourth-order valence-corrected chi connectivity index (χ4v) is 1.69. The third-order valence-corrected chi connectivity index (χ3v) is 2.63. The molecule has 0 aliphatic rings. The second-order valence-electron chi connectivity index (χ2n) is 3.41. The third kappa shape index (κ3) is 2.53. The number of hydrogen-bond acceptors (Lipinski definition) is 3. The van der Waals surface area contributed by atoms with Crippen LogP contribution in [0.5, 0.6) is 5.75 Å². The molecule has 1 aromatic carbocycles. The van der Waals surface area contributed by atoms with E-state index in [1.54, 1.807) is 7.11 Å². The van der Waals surface area contributed by atoms with Gasteiger partial charge in [0, 0.05) is 12.0 Å². The molecule has 1 heterocycles. The number of aromatic nitrogens is 2. The summed E-state index contributed by atoms with van der Waals surface area (Å²) in [6.07, 6.45) is 1.56. The van der Waals surface area contributed by atoms with E-state index in [-0.39, 0.29) is 10.8 Å². The highest BCUT2D eigenvalue weighted by Crippen LogP contribution is 2.22. The lowest BCUT2D eigenvalue weighted by Gasteiger charge is -2.08. The van der Waals surface area contributed by atoms with Crippen molar-refractivity contribution in [3.63, 3.8) is 0 Å². The molecule has 0 fully saturated rings. The molecular formula is C12H10ClFN2O. The number of halogens is 2. The van der Waals surface area contributed by atoms with Crippen LogP contribution in [0.4, 0.5) is 4.39 Å². The van der Waals surface area contributed by atoms with Gasteiger partial charge < -0.3 is 4.74 Å². The zero-order valence-corrected chi connectivity index (χ0v) is 9.91. The largest absolute Gasteiger partial charge is 0.496 e. The van der Waals surface area contributed by atoms with Crippen LogP contribution in [0, 0.1) is 5.82 Å². The molecule has 3 nitrogen and oxygen atoms in total. The van der Waals surface area contributed by atoms with Crippen molar-refractivity contribution in [1.82, 2.24) is 9.97 Å². The maximum atomic E-state index is 13.6. The second-order valence-corrected chi connectivity index (χ2v) is 3.77. The van der Waals surface area contributed by atoms with Gasteiger partial charge in [0.1, 0.15) is 12.1 Å². The molecule has 0 saturated carbocycles. The molecule has 0 aliphatic carbocycles. The number of benzene rings is 1. The summed E-state index contributed by atoms with van der Waals surface area (Å²) in [6.45, 7) is 0. The monoisotopic (exact) mass is 252 g/mol. The van der Waals surface area contributed by atoms with Crippen LogP contribution in [0.3, 0.4) is 0 Å². The van der Waals surface area contributed by atoms with E-state index in [2.05, 4.69) is 9.97 Å². The number of hydrogen-bond donors (Lipinski definition) is 0. The molecule has 0 amide bonds. The highest BCUT2D eigenvalue weighted by atomic mass is 35.5. The van der Waals surface area contributed by atoms with E-state index in [1.807, 2.05) is 24.3 Å². The van der Waals surface area contributed by atoms with Crippen LogP contribution in [-0.2, 0) is 6.42 Å². The smallest absolute Gasteiger partial charge is 0.182 e. The van der Waals surface area contributed by atoms with E-state index in [0.29, 0.717) is 12.2 Å². The standard InChI is InChI=1S/C12H10ClFN2O/c1-17-10-5-3-2-4-8(10)6-9-11(14)12(13)16-7-15-9/h2-5,7H,6H2,1H3. The Bertz CT molecular complexity index is 534. The number of rotatable bonds is 3. The Labute approximate surface area is 103 Å². The van der Waals surface area contributed by atoms with Gasteiger partial charge in [-0.15, -0.1) is 0 Å². The Hall–Kier alpha value is -1.68. The van der Waals surface area contributed by atoms with Gasteiger partial charge in [0.15, 0.2) is 11.0 Å². The fraction of sp³-hybridized carbons (Fsp3) is 0.167. The molecule has 5 heteroatoms. The van der Waals surface area contributed by atoms with E-state index in [0.717, 1.165) is 5.56 Å². The van der Waals surface area contributed by atoms with Crippen molar-refractivity contribution in [2.45, 2.75) is 6.42 Å². The Morgan fingerprint density at radius 3 is 2.82 bits per heavy atom. The molecule has 0 saturated heterocycles. The van der Waals surface area contributed by atoms with Crippen LogP contribution in [0.15, 0.2) is 30.6 Å². The summed E-state index contributed by atoms with van der Waals surface area (Å²) >= 11 is 5.60. The highest BCUT2D eigenvalue weighted by Gasteiger charge is 2.11. The summed E-state index contributed by atoms with van der Waals surface area (Å²) in [4.78, 5) is 7.46. The van der Waals surface area contributed by atoms with Crippen molar-refractivity contribution >= 4 is 11.6 Å². The van der Waals surface area contributed by atoms with Gasteiger partial charge in [-0.25, -0.2) is 14.4 Å². The Morgan fingerprint density at radius 2 is 2.06 bits per heavy atom. The molecule has 0 aliphatic heterocycles. The van der Waals surface area contributed by atoms with Crippen molar-refractivity contribution in [2.75, 3.05) is 7.11 Å². The van der Waals surface area contributed by atoms with E-state index in [1.165, 1.54) is 6.33 Å². The second kappa shape index (κ2) is 5.10. The first-order chi connectivity index (χ1) is 8.22. The summed E-state index contributed by atoms with van der Waals surface area (Å²) in [5.41, 5.74) is 1.11. The minimum Gasteiger partial charge on any atom is -0.496 e. The molecule has 88 valence electrons. The molecule has 17 heavy (non-hydrogen) atoms. The van der Waals surface area contributed by atoms with Crippen LogP contribution < -0.4 is 4.74 Å². The summed E-state index contributed by atoms with van der Waals surface area (Å²) in [5.74, 6) is 0.113. The number of ether oxygens (including phenoxy) is 1. The Kier molecular flexibility index (Phi) is 3.54. The predicted octanol–water partition coefficient (Wildman–Crippen LogP) is 2.87. The normalized spacial score (nSPS) is 10.3. The van der Waals surface area contributed by atoms with E-state index in [4.69, 9.17) is 16.3 Å². The van der Waals surface area contributed by atoms with Crippen molar-refractivity contribution < 1.29 is 9.13 Å². The summed E-state index contributed by atoms with van der Waals surface area (Å²) in [5, 5.41) is -0.162. The summed E-state index contributed by atoms with van der Waals surface area (Å²) in [7, 11) is 1.57. The summed E-state index contributed by atoms with van der Waals surface area (Å²) in [6, 6.07) is 7.38. The van der Waals surface area contributed by atoms with Crippen LogP contribution >= 0.6 is 11.6 Å². The fourth-order valence-electron chi connectivity index (χ4n) is 1.53. The average Bonchev–Trinajstić information content (AvgIpc) is 2.35. The first-order valence-corrected chi connectivity index (χ1v) is 5.37. The lowest BCUT2D eigenvalue weighted by atomic mass is 10.1. The van der Waals surface area contributed by atoms with Crippen molar-refractivity contribution in [3.05, 3.63) is 52.8 Å². The topological polar surface area (TPSA) is 35.0 Å². The average molecular weight is 253 g/mol. The zero-order chi connectivity index (χ0) is 12.3. The molecular weight excluding hydrogens is 243 g/mol. The Morgan fingerprint density at radius 1 is 1.29 bits per heavy atom. The van der Waals surface area contributed by atoms with Crippen LogP contribution in [0.1, 0.15) is 11.3 Å². The van der Waals surface area contributed by atoms with Crippen molar-refractivity contribution in [3.8, 4) is 5.75 Å².